The molecule has 4 nitrogen and oxygen atoms in total. The molecule has 0 fully saturated rings. The van der Waals surface area contributed by atoms with Crippen LogP contribution in [0.25, 0.3) is 0 Å². The SMILES string of the molecule is N#Cc1ccc(NC2CC(N)c3ccccc32)cc1C#N. The minimum Gasteiger partial charge on any atom is -0.378 e. The van der Waals surface area contributed by atoms with Crippen LogP contribution < -0.4 is 11.1 Å². The Hall–Kier alpha value is -2.82. The molecular weight excluding hydrogens is 260 g/mol. The molecule has 2 atom stereocenters. The quantitative estimate of drug-likeness (QED) is 0.881. The summed E-state index contributed by atoms with van der Waals surface area (Å²) in [6.45, 7) is 0. The molecule has 0 aliphatic heterocycles. The Balaban J connectivity index is 1.89. The Morgan fingerprint density at radius 3 is 2.43 bits per heavy atom. The van der Waals surface area contributed by atoms with Gasteiger partial charge >= 0.3 is 0 Å². The maximum atomic E-state index is 9.09. The summed E-state index contributed by atoms with van der Waals surface area (Å²) in [4.78, 5) is 0. The lowest BCUT2D eigenvalue weighted by Crippen LogP contribution is -2.10. The van der Waals surface area contributed by atoms with Crippen molar-refractivity contribution in [3.05, 3.63) is 64.7 Å². The first-order valence-corrected chi connectivity index (χ1v) is 6.78. The largest absolute Gasteiger partial charge is 0.378 e. The number of fused-ring (bicyclic) bond motifs is 1. The number of rotatable bonds is 2. The second-order valence-electron chi connectivity index (χ2n) is 5.15. The van der Waals surface area contributed by atoms with Gasteiger partial charge in [-0.3, -0.25) is 0 Å². The van der Waals surface area contributed by atoms with Gasteiger partial charge < -0.3 is 11.1 Å². The van der Waals surface area contributed by atoms with Gasteiger partial charge in [-0.1, -0.05) is 24.3 Å². The summed E-state index contributed by atoms with van der Waals surface area (Å²) < 4.78 is 0. The summed E-state index contributed by atoms with van der Waals surface area (Å²) in [6, 6.07) is 17.6. The fourth-order valence-electron chi connectivity index (χ4n) is 2.84. The maximum absolute atomic E-state index is 9.09. The third-order valence-corrected chi connectivity index (χ3v) is 3.86. The molecule has 0 saturated heterocycles. The van der Waals surface area contributed by atoms with Crippen molar-refractivity contribution in [2.24, 2.45) is 5.73 Å². The first kappa shape index (κ1) is 13.2. The smallest absolute Gasteiger partial charge is 0.101 e. The lowest BCUT2D eigenvalue weighted by Gasteiger charge is -2.16. The molecule has 0 spiro atoms. The fourth-order valence-corrected chi connectivity index (χ4v) is 2.84. The van der Waals surface area contributed by atoms with Crippen molar-refractivity contribution in [2.45, 2.75) is 18.5 Å². The van der Waals surface area contributed by atoms with Crippen molar-refractivity contribution in [1.29, 1.82) is 10.5 Å². The van der Waals surface area contributed by atoms with E-state index in [0.29, 0.717) is 11.1 Å². The van der Waals surface area contributed by atoms with Crippen molar-refractivity contribution in [1.82, 2.24) is 0 Å². The average molecular weight is 274 g/mol. The van der Waals surface area contributed by atoms with E-state index in [-0.39, 0.29) is 12.1 Å². The van der Waals surface area contributed by atoms with E-state index < -0.39 is 0 Å². The highest BCUT2D eigenvalue weighted by Gasteiger charge is 2.28. The molecule has 0 radical (unpaired) electrons. The van der Waals surface area contributed by atoms with Crippen LogP contribution in [0.2, 0.25) is 0 Å². The highest BCUT2D eigenvalue weighted by Crippen LogP contribution is 2.39. The molecule has 3 N–H and O–H groups in total. The van der Waals surface area contributed by atoms with Gasteiger partial charge in [0.15, 0.2) is 0 Å². The highest BCUT2D eigenvalue weighted by atomic mass is 14.9. The van der Waals surface area contributed by atoms with Gasteiger partial charge in [-0.25, -0.2) is 0 Å². The number of nitrogens with zero attached hydrogens (tertiary/aromatic N) is 2. The predicted octanol–water partition coefficient (Wildman–Crippen LogP) is 2.99. The summed E-state index contributed by atoms with van der Waals surface area (Å²) in [5, 5.41) is 21.5. The van der Waals surface area contributed by atoms with Crippen LogP contribution in [0.5, 0.6) is 0 Å². The lowest BCUT2D eigenvalue weighted by molar-refractivity contribution is 0.648. The monoisotopic (exact) mass is 274 g/mol. The second kappa shape index (κ2) is 5.28. The highest BCUT2D eigenvalue weighted by molar-refractivity contribution is 5.58. The van der Waals surface area contributed by atoms with Crippen LogP contribution in [0.15, 0.2) is 42.5 Å². The van der Waals surface area contributed by atoms with E-state index in [0.717, 1.165) is 12.1 Å². The molecule has 21 heavy (non-hydrogen) atoms. The number of anilines is 1. The Bertz CT molecular complexity index is 767. The van der Waals surface area contributed by atoms with Crippen LogP contribution in [0.4, 0.5) is 5.69 Å². The summed E-state index contributed by atoms with van der Waals surface area (Å²) in [7, 11) is 0. The van der Waals surface area contributed by atoms with E-state index in [2.05, 4.69) is 23.5 Å². The van der Waals surface area contributed by atoms with Gasteiger partial charge in [0.1, 0.15) is 12.1 Å². The molecule has 1 aliphatic carbocycles. The van der Waals surface area contributed by atoms with Gasteiger partial charge in [-0.15, -0.1) is 0 Å². The summed E-state index contributed by atoms with van der Waals surface area (Å²) in [5.41, 5.74) is 10.1. The zero-order chi connectivity index (χ0) is 14.8. The first-order chi connectivity index (χ1) is 10.2. The topological polar surface area (TPSA) is 85.6 Å². The van der Waals surface area contributed by atoms with Crippen LogP contribution in [-0.4, -0.2) is 0 Å². The maximum Gasteiger partial charge on any atom is 0.101 e. The van der Waals surface area contributed by atoms with E-state index >= 15 is 0 Å². The summed E-state index contributed by atoms with van der Waals surface area (Å²) in [6.07, 6.45) is 0.821. The van der Waals surface area contributed by atoms with Crippen molar-refractivity contribution >= 4 is 5.69 Å². The zero-order valence-electron chi connectivity index (χ0n) is 11.4. The molecule has 102 valence electrons. The minimum absolute atomic E-state index is 0.0347. The van der Waals surface area contributed by atoms with E-state index in [4.69, 9.17) is 16.3 Å². The third kappa shape index (κ3) is 2.33. The lowest BCUT2D eigenvalue weighted by atomic mass is 10.1. The van der Waals surface area contributed by atoms with Crippen LogP contribution >= 0.6 is 0 Å². The van der Waals surface area contributed by atoms with E-state index in [1.165, 1.54) is 11.1 Å². The number of nitriles is 2. The van der Waals surface area contributed by atoms with Gasteiger partial charge in [-0.05, 0) is 35.7 Å². The van der Waals surface area contributed by atoms with Crippen LogP contribution in [0.1, 0.15) is 40.8 Å². The van der Waals surface area contributed by atoms with E-state index in [1.807, 2.05) is 24.3 Å². The standard InChI is InChI=1S/C17H14N4/c18-9-11-5-6-13(7-12(11)10-19)21-17-8-16(20)14-3-1-2-4-15(14)17/h1-7,16-17,21H,8,20H2. The molecule has 2 unspecified atom stereocenters. The molecule has 3 rings (SSSR count). The van der Waals surface area contributed by atoms with Crippen molar-refractivity contribution in [3.8, 4) is 12.1 Å². The average Bonchev–Trinajstić information content (AvgIpc) is 2.84. The molecule has 0 heterocycles. The minimum atomic E-state index is 0.0347. The van der Waals surface area contributed by atoms with Crippen molar-refractivity contribution in [3.63, 3.8) is 0 Å². The molecule has 0 aromatic heterocycles. The molecule has 2 aromatic carbocycles. The van der Waals surface area contributed by atoms with Gasteiger partial charge in [0.05, 0.1) is 17.2 Å². The normalized spacial score (nSPS) is 19.4. The molecule has 2 aromatic rings. The fraction of sp³-hybridized carbons (Fsp3) is 0.176. The van der Waals surface area contributed by atoms with E-state index in [9.17, 15) is 0 Å². The predicted molar refractivity (Wildman–Crippen MR) is 80.2 cm³/mol. The summed E-state index contributed by atoms with van der Waals surface area (Å²) in [5.74, 6) is 0. The van der Waals surface area contributed by atoms with Gasteiger partial charge in [-0.2, -0.15) is 10.5 Å². The van der Waals surface area contributed by atoms with Gasteiger partial charge in [0, 0.05) is 11.7 Å². The Morgan fingerprint density at radius 1 is 1.00 bits per heavy atom. The molecule has 0 bridgehead atoms. The number of nitrogens with one attached hydrogen (secondary N) is 1. The Labute approximate surface area is 123 Å². The van der Waals surface area contributed by atoms with Gasteiger partial charge in [0.2, 0.25) is 0 Å². The molecule has 4 heteroatoms. The van der Waals surface area contributed by atoms with E-state index in [1.54, 1.807) is 12.1 Å². The Kier molecular flexibility index (Phi) is 3.31. The molecular formula is C17H14N4. The number of hydrogen-bond acceptors (Lipinski definition) is 4. The number of benzene rings is 2. The van der Waals surface area contributed by atoms with Crippen LogP contribution in [-0.2, 0) is 0 Å². The van der Waals surface area contributed by atoms with Crippen LogP contribution in [0.3, 0.4) is 0 Å². The molecule has 1 aliphatic rings. The second-order valence-corrected chi connectivity index (χ2v) is 5.15. The third-order valence-electron chi connectivity index (χ3n) is 3.86. The van der Waals surface area contributed by atoms with Crippen LogP contribution in [0, 0.1) is 22.7 Å². The summed E-state index contributed by atoms with van der Waals surface area (Å²) >= 11 is 0. The number of hydrogen-bond donors (Lipinski definition) is 2. The zero-order valence-corrected chi connectivity index (χ0v) is 11.4. The molecule has 0 saturated carbocycles. The molecule has 0 amide bonds. The Morgan fingerprint density at radius 2 is 1.71 bits per heavy atom. The van der Waals surface area contributed by atoms with Crippen molar-refractivity contribution in [2.75, 3.05) is 5.32 Å². The van der Waals surface area contributed by atoms with Crippen molar-refractivity contribution < 1.29 is 0 Å². The number of nitrogens with two attached hydrogens (primary N) is 1. The van der Waals surface area contributed by atoms with Gasteiger partial charge in [0.25, 0.3) is 0 Å². The first-order valence-electron chi connectivity index (χ1n) is 6.78.